The standard InChI is InChI=1S/C20H21NO3S/c1-14-8-9-17(12-16(14)3)21(18-10-11-25(23,24)13-18)20(22)19-7-5-4-6-15(19)2/h4-12,18H,13H2,1-3H3/t18-/m1/s1. The van der Waals surface area contributed by atoms with Gasteiger partial charge >= 0.3 is 0 Å². The van der Waals surface area contributed by atoms with Gasteiger partial charge in [0.25, 0.3) is 5.91 Å². The van der Waals surface area contributed by atoms with Crippen molar-refractivity contribution in [3.8, 4) is 0 Å². The van der Waals surface area contributed by atoms with E-state index in [1.54, 1.807) is 17.0 Å². The molecule has 0 aromatic heterocycles. The van der Waals surface area contributed by atoms with Crippen molar-refractivity contribution in [2.75, 3.05) is 10.7 Å². The third-order valence-corrected chi connectivity index (χ3v) is 5.98. The summed E-state index contributed by atoms with van der Waals surface area (Å²) in [6.45, 7) is 5.87. The molecule has 5 heteroatoms. The largest absolute Gasteiger partial charge is 0.300 e. The van der Waals surface area contributed by atoms with E-state index >= 15 is 0 Å². The number of hydrogen-bond donors (Lipinski definition) is 0. The molecule has 0 saturated heterocycles. The molecule has 0 bridgehead atoms. The van der Waals surface area contributed by atoms with E-state index in [-0.39, 0.29) is 11.7 Å². The average Bonchev–Trinajstić information content (AvgIpc) is 2.91. The Morgan fingerprint density at radius 2 is 1.72 bits per heavy atom. The van der Waals surface area contributed by atoms with Crippen LogP contribution in [0.15, 0.2) is 53.9 Å². The maximum absolute atomic E-state index is 13.3. The summed E-state index contributed by atoms with van der Waals surface area (Å²) in [7, 11) is -3.27. The van der Waals surface area contributed by atoms with Crippen molar-refractivity contribution in [2.45, 2.75) is 26.8 Å². The highest BCUT2D eigenvalue weighted by Crippen LogP contribution is 2.27. The minimum atomic E-state index is -3.27. The molecule has 1 heterocycles. The summed E-state index contributed by atoms with van der Waals surface area (Å²) in [4.78, 5) is 14.9. The van der Waals surface area contributed by atoms with E-state index in [4.69, 9.17) is 0 Å². The molecule has 0 spiro atoms. The molecule has 0 N–H and O–H groups in total. The van der Waals surface area contributed by atoms with E-state index in [1.165, 1.54) is 5.41 Å². The molecule has 1 aliphatic rings. The zero-order valence-corrected chi connectivity index (χ0v) is 15.4. The molecule has 1 aliphatic heterocycles. The first-order chi connectivity index (χ1) is 11.8. The highest BCUT2D eigenvalue weighted by molar-refractivity contribution is 7.94. The number of hydrogen-bond acceptors (Lipinski definition) is 3. The van der Waals surface area contributed by atoms with Crippen LogP contribution in [0.5, 0.6) is 0 Å². The summed E-state index contributed by atoms with van der Waals surface area (Å²) in [5.74, 6) is -0.273. The smallest absolute Gasteiger partial charge is 0.259 e. The molecule has 2 aromatic carbocycles. The van der Waals surface area contributed by atoms with Gasteiger partial charge in [-0.1, -0.05) is 24.3 Å². The number of amides is 1. The molecule has 130 valence electrons. The second-order valence-electron chi connectivity index (χ2n) is 6.48. The maximum atomic E-state index is 13.3. The van der Waals surface area contributed by atoms with Crippen LogP contribution in [-0.4, -0.2) is 26.1 Å². The van der Waals surface area contributed by atoms with Crippen LogP contribution in [0.1, 0.15) is 27.0 Å². The number of carbonyl (C=O) groups excluding carboxylic acids is 1. The predicted molar refractivity (Wildman–Crippen MR) is 101 cm³/mol. The van der Waals surface area contributed by atoms with Crippen LogP contribution < -0.4 is 4.90 Å². The number of rotatable bonds is 3. The van der Waals surface area contributed by atoms with Crippen molar-refractivity contribution >= 4 is 21.4 Å². The summed E-state index contributed by atoms with van der Waals surface area (Å²) in [5, 5.41) is 1.21. The lowest BCUT2D eigenvalue weighted by atomic mass is 10.0. The molecule has 1 amide bonds. The maximum Gasteiger partial charge on any atom is 0.259 e. The fourth-order valence-electron chi connectivity index (χ4n) is 3.00. The van der Waals surface area contributed by atoms with Crippen molar-refractivity contribution < 1.29 is 13.2 Å². The second-order valence-corrected chi connectivity index (χ2v) is 8.42. The number of nitrogens with zero attached hydrogens (tertiary/aromatic N) is 1. The van der Waals surface area contributed by atoms with Crippen molar-refractivity contribution in [1.82, 2.24) is 0 Å². The van der Waals surface area contributed by atoms with E-state index in [1.807, 2.05) is 57.2 Å². The van der Waals surface area contributed by atoms with Gasteiger partial charge in [-0.2, -0.15) is 0 Å². The third-order valence-electron chi connectivity index (χ3n) is 4.61. The first-order valence-corrected chi connectivity index (χ1v) is 9.87. The number of anilines is 1. The molecule has 0 unspecified atom stereocenters. The third kappa shape index (κ3) is 3.51. The molecule has 1 atom stereocenters. The Morgan fingerprint density at radius 1 is 1.00 bits per heavy atom. The van der Waals surface area contributed by atoms with Crippen molar-refractivity contribution in [2.24, 2.45) is 0 Å². The van der Waals surface area contributed by atoms with E-state index in [9.17, 15) is 13.2 Å². The predicted octanol–water partition coefficient (Wildman–Crippen LogP) is 3.57. The zero-order valence-electron chi connectivity index (χ0n) is 14.6. The Bertz CT molecular complexity index is 961. The number of aryl methyl sites for hydroxylation is 3. The van der Waals surface area contributed by atoms with Gasteiger partial charge in [-0.05, 0) is 61.7 Å². The van der Waals surface area contributed by atoms with Crippen molar-refractivity contribution in [3.05, 3.63) is 76.2 Å². The summed E-state index contributed by atoms with van der Waals surface area (Å²) in [6.07, 6.45) is 1.60. The van der Waals surface area contributed by atoms with Gasteiger partial charge < -0.3 is 4.90 Å². The van der Waals surface area contributed by atoms with Crippen LogP contribution in [0, 0.1) is 20.8 Å². The Kier molecular flexibility index (Phi) is 4.52. The first kappa shape index (κ1) is 17.4. The van der Waals surface area contributed by atoms with Gasteiger partial charge in [0.15, 0.2) is 9.84 Å². The summed E-state index contributed by atoms with van der Waals surface area (Å²) < 4.78 is 23.8. The summed E-state index contributed by atoms with van der Waals surface area (Å²) >= 11 is 0. The normalized spacial score (nSPS) is 18.3. The fourth-order valence-corrected chi connectivity index (χ4v) is 4.27. The number of sulfone groups is 1. The van der Waals surface area contributed by atoms with Crippen LogP contribution in [0.25, 0.3) is 0 Å². The van der Waals surface area contributed by atoms with Crippen molar-refractivity contribution in [3.63, 3.8) is 0 Å². The Balaban J connectivity index is 2.09. The lowest BCUT2D eigenvalue weighted by Crippen LogP contribution is -2.41. The Labute approximate surface area is 148 Å². The van der Waals surface area contributed by atoms with Gasteiger partial charge in [-0.25, -0.2) is 8.42 Å². The number of carbonyl (C=O) groups is 1. The molecule has 25 heavy (non-hydrogen) atoms. The highest BCUT2D eigenvalue weighted by atomic mass is 32.2. The fraction of sp³-hybridized carbons (Fsp3) is 0.250. The van der Waals surface area contributed by atoms with Gasteiger partial charge in [0.1, 0.15) is 0 Å². The molecule has 0 radical (unpaired) electrons. The Hall–Kier alpha value is -2.40. The molecular weight excluding hydrogens is 334 g/mol. The van der Waals surface area contributed by atoms with E-state index in [0.717, 1.165) is 16.7 Å². The van der Waals surface area contributed by atoms with Gasteiger partial charge in [0, 0.05) is 16.7 Å². The average molecular weight is 355 g/mol. The summed E-state index contributed by atoms with van der Waals surface area (Å²) in [6, 6.07) is 12.6. The molecular formula is C20H21NO3S. The highest BCUT2D eigenvalue weighted by Gasteiger charge is 2.32. The van der Waals surface area contributed by atoms with E-state index < -0.39 is 15.9 Å². The van der Waals surface area contributed by atoms with E-state index in [0.29, 0.717) is 11.3 Å². The number of benzene rings is 2. The van der Waals surface area contributed by atoms with Crippen LogP contribution >= 0.6 is 0 Å². The molecule has 0 saturated carbocycles. The van der Waals surface area contributed by atoms with Crippen LogP contribution in [0.3, 0.4) is 0 Å². The summed E-state index contributed by atoms with van der Waals surface area (Å²) in [5.41, 5.74) is 4.35. The second kappa shape index (κ2) is 6.48. The van der Waals surface area contributed by atoms with E-state index in [2.05, 4.69) is 0 Å². The lowest BCUT2D eigenvalue weighted by molar-refractivity contribution is 0.0982. The molecule has 2 aromatic rings. The zero-order chi connectivity index (χ0) is 18.2. The molecule has 0 fully saturated rings. The van der Waals surface area contributed by atoms with Crippen LogP contribution in [-0.2, 0) is 9.84 Å². The minimum Gasteiger partial charge on any atom is -0.300 e. The molecule has 4 nitrogen and oxygen atoms in total. The van der Waals surface area contributed by atoms with Gasteiger partial charge in [-0.3, -0.25) is 4.79 Å². The monoisotopic (exact) mass is 355 g/mol. The first-order valence-electron chi connectivity index (χ1n) is 8.16. The van der Waals surface area contributed by atoms with Crippen LogP contribution in [0.2, 0.25) is 0 Å². The molecule has 3 rings (SSSR count). The topological polar surface area (TPSA) is 54.5 Å². The van der Waals surface area contributed by atoms with Crippen molar-refractivity contribution in [1.29, 1.82) is 0 Å². The minimum absolute atomic E-state index is 0.0858. The van der Waals surface area contributed by atoms with Gasteiger partial charge in [-0.15, -0.1) is 0 Å². The lowest BCUT2D eigenvalue weighted by Gasteiger charge is -2.29. The van der Waals surface area contributed by atoms with Gasteiger partial charge in [0.2, 0.25) is 0 Å². The Morgan fingerprint density at radius 3 is 2.32 bits per heavy atom. The quantitative estimate of drug-likeness (QED) is 0.846. The van der Waals surface area contributed by atoms with Gasteiger partial charge in [0.05, 0.1) is 11.8 Å². The van der Waals surface area contributed by atoms with Crippen LogP contribution in [0.4, 0.5) is 5.69 Å². The molecule has 0 aliphatic carbocycles. The SMILES string of the molecule is Cc1ccc(N(C(=O)c2ccccc2C)[C@@H]2C=CS(=O)(=O)C2)cc1C.